The van der Waals surface area contributed by atoms with Gasteiger partial charge in [0.05, 0.1) is 12.2 Å². The van der Waals surface area contributed by atoms with E-state index < -0.39 is 0 Å². The van der Waals surface area contributed by atoms with Crippen molar-refractivity contribution in [1.82, 2.24) is 0 Å². The van der Waals surface area contributed by atoms with Crippen LogP contribution in [0.1, 0.15) is 37.0 Å². The fourth-order valence-corrected chi connectivity index (χ4v) is 2.76. The van der Waals surface area contributed by atoms with Crippen molar-refractivity contribution in [1.29, 1.82) is 0 Å². The summed E-state index contributed by atoms with van der Waals surface area (Å²) < 4.78 is 5.61. The van der Waals surface area contributed by atoms with Crippen LogP contribution in [0.5, 0.6) is 0 Å². The third-order valence-corrected chi connectivity index (χ3v) is 4.24. The molecule has 3 heteroatoms. The van der Waals surface area contributed by atoms with Crippen molar-refractivity contribution in [3.05, 3.63) is 65.2 Å². The maximum atomic E-state index is 12.8. The van der Waals surface area contributed by atoms with Crippen LogP contribution in [0.3, 0.4) is 0 Å². The average Bonchev–Trinajstić information content (AvgIpc) is 2.60. The van der Waals surface area contributed by atoms with E-state index in [9.17, 15) is 4.79 Å². The summed E-state index contributed by atoms with van der Waals surface area (Å²) in [5.74, 6) is 6.97. The average molecular weight is 333 g/mol. The maximum absolute atomic E-state index is 12.8. The van der Waals surface area contributed by atoms with Gasteiger partial charge in [-0.05, 0) is 36.1 Å². The van der Waals surface area contributed by atoms with Crippen LogP contribution in [0.25, 0.3) is 0 Å². The summed E-state index contributed by atoms with van der Waals surface area (Å²) in [5.41, 5.74) is 3.74. The molecule has 2 aromatic carbocycles. The van der Waals surface area contributed by atoms with E-state index in [4.69, 9.17) is 4.74 Å². The molecule has 0 spiro atoms. The van der Waals surface area contributed by atoms with Crippen molar-refractivity contribution in [3.8, 4) is 11.8 Å². The minimum atomic E-state index is -0.0327. The molecule has 1 aliphatic heterocycles. The Labute approximate surface area is 149 Å². The molecule has 0 saturated carbocycles. The van der Waals surface area contributed by atoms with Crippen LogP contribution in [0, 0.1) is 17.8 Å². The van der Waals surface area contributed by atoms with Crippen LogP contribution in [0.4, 0.5) is 5.69 Å². The molecule has 0 atom stereocenters. The van der Waals surface area contributed by atoms with Crippen LogP contribution >= 0.6 is 0 Å². The zero-order valence-corrected chi connectivity index (χ0v) is 14.8. The van der Waals surface area contributed by atoms with Crippen LogP contribution in [0.2, 0.25) is 0 Å². The first-order chi connectivity index (χ1) is 12.1. The van der Waals surface area contributed by atoms with Crippen LogP contribution in [-0.2, 0) is 16.1 Å². The molecule has 0 radical (unpaired) electrons. The molecule has 3 nitrogen and oxygen atoms in total. The third-order valence-electron chi connectivity index (χ3n) is 4.24. The lowest BCUT2D eigenvalue weighted by Gasteiger charge is -2.26. The monoisotopic (exact) mass is 333 g/mol. The molecular formula is C22H23NO2. The Morgan fingerprint density at radius 1 is 1.08 bits per heavy atom. The molecular weight excluding hydrogens is 310 g/mol. The lowest BCUT2D eigenvalue weighted by molar-refractivity contribution is -0.123. The van der Waals surface area contributed by atoms with Crippen molar-refractivity contribution >= 4 is 11.6 Å². The zero-order valence-electron chi connectivity index (χ0n) is 14.8. The highest BCUT2D eigenvalue weighted by Gasteiger charge is 2.21. The second-order valence-corrected chi connectivity index (χ2v) is 6.64. The number of fused-ring (bicyclic) bond motifs is 2. The van der Waals surface area contributed by atoms with Gasteiger partial charge in [-0.2, -0.15) is 0 Å². The number of para-hydroxylation sites is 1. The van der Waals surface area contributed by atoms with E-state index in [0.29, 0.717) is 19.1 Å². The summed E-state index contributed by atoms with van der Waals surface area (Å²) in [6, 6.07) is 15.8. The molecule has 1 amide bonds. The van der Waals surface area contributed by atoms with E-state index in [2.05, 4.69) is 25.7 Å². The number of amides is 1. The van der Waals surface area contributed by atoms with Crippen LogP contribution in [-0.4, -0.2) is 19.1 Å². The number of hydrogen-bond donors (Lipinski definition) is 0. The number of anilines is 1. The normalized spacial score (nSPS) is 12.5. The number of carbonyl (C=O) groups excluding carboxylic acids is 1. The molecule has 25 heavy (non-hydrogen) atoms. The molecule has 0 fully saturated rings. The summed E-state index contributed by atoms with van der Waals surface area (Å²) in [5, 5.41) is 0. The molecule has 1 heterocycles. The Morgan fingerprint density at radius 3 is 2.56 bits per heavy atom. The summed E-state index contributed by atoms with van der Waals surface area (Å²) in [4.78, 5) is 14.6. The standard InChI is InChI=1S/C22H23NO2/c1-17(2)13-14-25-16-22(24)23-15-20-9-4-3-7-18(20)11-12-19-8-5-6-10-21(19)23/h3-10,17H,13-16H2,1-2H3. The van der Waals surface area contributed by atoms with Gasteiger partial charge in [-0.25, -0.2) is 0 Å². The summed E-state index contributed by atoms with van der Waals surface area (Å²) >= 11 is 0. The van der Waals surface area contributed by atoms with E-state index in [1.807, 2.05) is 48.5 Å². The van der Waals surface area contributed by atoms with Gasteiger partial charge in [0, 0.05) is 17.7 Å². The molecule has 0 N–H and O–H groups in total. The highest BCUT2D eigenvalue weighted by Crippen LogP contribution is 2.25. The van der Waals surface area contributed by atoms with Crippen molar-refractivity contribution in [2.45, 2.75) is 26.8 Å². The second kappa shape index (κ2) is 8.00. The zero-order chi connectivity index (χ0) is 17.6. The topological polar surface area (TPSA) is 29.5 Å². The molecule has 3 rings (SSSR count). The third kappa shape index (κ3) is 4.29. The molecule has 0 unspecified atom stereocenters. The number of ether oxygens (including phenoxy) is 1. The minimum absolute atomic E-state index is 0.0327. The number of nitrogens with zero attached hydrogens (tertiary/aromatic N) is 1. The first kappa shape index (κ1) is 17.3. The summed E-state index contributed by atoms with van der Waals surface area (Å²) in [6.45, 7) is 5.50. The van der Waals surface area contributed by atoms with Crippen LogP contribution in [0.15, 0.2) is 48.5 Å². The number of hydrogen-bond acceptors (Lipinski definition) is 2. The summed E-state index contributed by atoms with van der Waals surface area (Å²) in [6.07, 6.45) is 0.957. The van der Waals surface area contributed by atoms with Gasteiger partial charge in [0.25, 0.3) is 5.91 Å². The molecule has 0 bridgehead atoms. The predicted molar refractivity (Wildman–Crippen MR) is 100 cm³/mol. The Kier molecular flexibility index (Phi) is 5.53. The lowest BCUT2D eigenvalue weighted by Crippen LogP contribution is -2.35. The lowest BCUT2D eigenvalue weighted by atomic mass is 10.0. The number of carbonyl (C=O) groups is 1. The van der Waals surface area contributed by atoms with Gasteiger partial charge in [0.15, 0.2) is 0 Å². The second-order valence-electron chi connectivity index (χ2n) is 6.64. The molecule has 0 aliphatic carbocycles. The van der Waals surface area contributed by atoms with E-state index in [1.165, 1.54) is 0 Å². The van der Waals surface area contributed by atoms with E-state index >= 15 is 0 Å². The van der Waals surface area contributed by atoms with E-state index in [0.717, 1.165) is 28.8 Å². The van der Waals surface area contributed by atoms with Crippen molar-refractivity contribution in [2.75, 3.05) is 18.1 Å². The van der Waals surface area contributed by atoms with Crippen LogP contribution < -0.4 is 4.90 Å². The SMILES string of the molecule is CC(C)CCOCC(=O)N1Cc2ccccc2C#Cc2ccccc21. The van der Waals surface area contributed by atoms with Gasteiger partial charge in [-0.3, -0.25) is 4.79 Å². The Morgan fingerprint density at radius 2 is 1.76 bits per heavy atom. The van der Waals surface area contributed by atoms with Crippen molar-refractivity contribution < 1.29 is 9.53 Å². The van der Waals surface area contributed by atoms with Gasteiger partial charge in [0.1, 0.15) is 6.61 Å². The molecule has 128 valence electrons. The van der Waals surface area contributed by atoms with Crippen molar-refractivity contribution in [2.24, 2.45) is 5.92 Å². The van der Waals surface area contributed by atoms with Gasteiger partial charge in [0.2, 0.25) is 0 Å². The highest BCUT2D eigenvalue weighted by atomic mass is 16.5. The first-order valence-electron chi connectivity index (χ1n) is 8.72. The Bertz CT molecular complexity index is 814. The highest BCUT2D eigenvalue weighted by molar-refractivity contribution is 5.96. The minimum Gasteiger partial charge on any atom is -0.372 e. The first-order valence-corrected chi connectivity index (χ1v) is 8.72. The maximum Gasteiger partial charge on any atom is 0.253 e. The van der Waals surface area contributed by atoms with Gasteiger partial charge >= 0.3 is 0 Å². The Balaban J connectivity index is 1.86. The number of benzene rings is 2. The molecule has 0 aromatic heterocycles. The summed E-state index contributed by atoms with van der Waals surface area (Å²) in [7, 11) is 0. The van der Waals surface area contributed by atoms with Gasteiger partial charge < -0.3 is 9.64 Å². The van der Waals surface area contributed by atoms with E-state index in [-0.39, 0.29) is 12.5 Å². The quantitative estimate of drug-likeness (QED) is 0.611. The molecule has 0 saturated heterocycles. The van der Waals surface area contributed by atoms with Crippen molar-refractivity contribution in [3.63, 3.8) is 0 Å². The fourth-order valence-electron chi connectivity index (χ4n) is 2.76. The van der Waals surface area contributed by atoms with Gasteiger partial charge in [-0.1, -0.05) is 56.0 Å². The predicted octanol–water partition coefficient (Wildman–Crippen LogP) is 4.00. The molecule has 1 aliphatic rings. The van der Waals surface area contributed by atoms with E-state index in [1.54, 1.807) is 4.90 Å². The van der Waals surface area contributed by atoms with Gasteiger partial charge in [-0.15, -0.1) is 0 Å². The molecule has 2 aromatic rings. The largest absolute Gasteiger partial charge is 0.372 e. The Hall–Kier alpha value is -2.57. The smallest absolute Gasteiger partial charge is 0.253 e. The number of rotatable bonds is 5. The fraction of sp³-hybridized carbons (Fsp3) is 0.318.